The number of likely N-dealkylation sites (N-methyl/N-ethyl adjacent to an activating group) is 1. The molecular formula is C16H16N6O2. The maximum Gasteiger partial charge on any atom is 0.326 e. The predicted octanol–water partition coefficient (Wildman–Crippen LogP) is 0.731. The summed E-state index contributed by atoms with van der Waals surface area (Å²) in [4.78, 5) is 37.5. The number of amides is 3. The summed E-state index contributed by atoms with van der Waals surface area (Å²) >= 11 is 0. The van der Waals surface area contributed by atoms with Crippen molar-refractivity contribution in [1.82, 2.24) is 25.6 Å². The van der Waals surface area contributed by atoms with E-state index in [0.29, 0.717) is 18.2 Å². The van der Waals surface area contributed by atoms with Crippen molar-refractivity contribution in [3.63, 3.8) is 0 Å². The second-order valence-corrected chi connectivity index (χ2v) is 5.24. The van der Waals surface area contributed by atoms with Crippen LogP contribution in [-0.2, 0) is 11.2 Å². The summed E-state index contributed by atoms with van der Waals surface area (Å²) in [5, 5.41) is 4.57. The maximum atomic E-state index is 11.5. The van der Waals surface area contributed by atoms with Gasteiger partial charge in [0.05, 0.1) is 5.69 Å². The molecule has 1 aliphatic heterocycles. The molecule has 1 aliphatic rings. The van der Waals surface area contributed by atoms with Crippen LogP contribution in [0.2, 0.25) is 0 Å². The number of rotatable bonds is 5. The third-order valence-corrected chi connectivity index (χ3v) is 3.45. The van der Waals surface area contributed by atoms with Crippen LogP contribution in [0.5, 0.6) is 0 Å². The minimum absolute atomic E-state index is 0.167. The number of hydrogen-bond acceptors (Lipinski definition) is 6. The molecule has 0 aromatic carbocycles. The predicted molar refractivity (Wildman–Crippen MR) is 87.9 cm³/mol. The van der Waals surface area contributed by atoms with Crippen LogP contribution in [0.1, 0.15) is 11.4 Å². The number of carbonyl (C=O) groups is 2. The van der Waals surface area contributed by atoms with E-state index in [9.17, 15) is 9.59 Å². The van der Waals surface area contributed by atoms with Crippen molar-refractivity contribution < 1.29 is 9.59 Å². The molecule has 3 amide bonds. The Bertz CT molecular complexity index is 790. The number of aromatic nitrogens is 3. The van der Waals surface area contributed by atoms with Crippen LogP contribution in [-0.4, -0.2) is 40.5 Å². The summed E-state index contributed by atoms with van der Waals surface area (Å²) in [7, 11) is 1.89. The molecule has 3 heterocycles. The van der Waals surface area contributed by atoms with Crippen molar-refractivity contribution in [2.75, 3.05) is 18.5 Å². The summed E-state index contributed by atoms with van der Waals surface area (Å²) in [5.41, 5.74) is 1.70. The molecular weight excluding hydrogens is 308 g/mol. The van der Waals surface area contributed by atoms with Gasteiger partial charge in [-0.1, -0.05) is 6.07 Å². The average molecular weight is 324 g/mol. The molecule has 0 atom stereocenters. The van der Waals surface area contributed by atoms with Crippen LogP contribution in [0.25, 0.3) is 6.08 Å². The summed E-state index contributed by atoms with van der Waals surface area (Å²) < 4.78 is 0. The van der Waals surface area contributed by atoms with Gasteiger partial charge in [0, 0.05) is 38.1 Å². The molecule has 2 aromatic heterocycles. The fourth-order valence-corrected chi connectivity index (χ4v) is 2.18. The van der Waals surface area contributed by atoms with Gasteiger partial charge in [-0.3, -0.25) is 15.1 Å². The smallest absolute Gasteiger partial charge is 0.326 e. The minimum atomic E-state index is -0.534. The molecule has 24 heavy (non-hydrogen) atoms. The Morgan fingerprint density at radius 1 is 1.12 bits per heavy atom. The van der Waals surface area contributed by atoms with Crippen molar-refractivity contribution in [2.45, 2.75) is 6.42 Å². The highest BCUT2D eigenvalue weighted by Crippen LogP contribution is 2.10. The lowest BCUT2D eigenvalue weighted by Crippen LogP contribution is -2.23. The molecule has 1 saturated heterocycles. The Morgan fingerprint density at radius 3 is 2.71 bits per heavy atom. The van der Waals surface area contributed by atoms with E-state index in [-0.39, 0.29) is 5.70 Å². The Hall–Kier alpha value is -3.29. The first-order valence-corrected chi connectivity index (χ1v) is 7.40. The number of nitrogens with one attached hydrogen (secondary N) is 2. The molecule has 0 saturated carbocycles. The Balaban J connectivity index is 1.69. The van der Waals surface area contributed by atoms with E-state index >= 15 is 0 Å². The Kier molecular flexibility index (Phi) is 4.46. The number of imide groups is 1. The van der Waals surface area contributed by atoms with E-state index in [2.05, 4.69) is 25.6 Å². The minimum Gasteiger partial charge on any atom is -0.343 e. The van der Waals surface area contributed by atoms with Crippen molar-refractivity contribution >= 4 is 24.0 Å². The van der Waals surface area contributed by atoms with Crippen molar-refractivity contribution in [3.8, 4) is 0 Å². The zero-order valence-corrected chi connectivity index (χ0v) is 13.1. The van der Waals surface area contributed by atoms with E-state index in [1.807, 2.05) is 30.1 Å². The van der Waals surface area contributed by atoms with Gasteiger partial charge in [-0.05, 0) is 24.3 Å². The van der Waals surface area contributed by atoms with E-state index < -0.39 is 11.9 Å². The molecule has 0 aliphatic carbocycles. The van der Waals surface area contributed by atoms with Crippen LogP contribution in [0, 0.1) is 0 Å². The topological polar surface area (TPSA) is 100 Å². The molecule has 8 heteroatoms. The van der Waals surface area contributed by atoms with Crippen molar-refractivity contribution in [3.05, 3.63) is 53.7 Å². The molecule has 3 rings (SSSR count). The number of nitrogens with zero attached hydrogens (tertiary/aromatic N) is 4. The van der Waals surface area contributed by atoms with Crippen LogP contribution < -0.4 is 15.5 Å². The highest BCUT2D eigenvalue weighted by atomic mass is 16.2. The standard InChI is InChI=1S/C16H16N6O2/c1-22(9-6-11-4-2-3-7-17-11)15-18-8-5-12(19-15)10-13-14(23)21-16(24)20-13/h2-5,7-8,10H,6,9H2,1H3,(H2,20,21,23,24)/b13-10+. The summed E-state index contributed by atoms with van der Waals surface area (Å²) in [6.45, 7) is 0.703. The Labute approximate surface area is 138 Å². The molecule has 2 N–H and O–H groups in total. The van der Waals surface area contributed by atoms with Crippen LogP contribution in [0.3, 0.4) is 0 Å². The monoisotopic (exact) mass is 324 g/mol. The van der Waals surface area contributed by atoms with Gasteiger partial charge < -0.3 is 10.2 Å². The number of urea groups is 1. The number of anilines is 1. The van der Waals surface area contributed by atoms with Gasteiger partial charge in [-0.15, -0.1) is 0 Å². The highest BCUT2D eigenvalue weighted by Gasteiger charge is 2.23. The zero-order chi connectivity index (χ0) is 16.9. The van der Waals surface area contributed by atoms with Gasteiger partial charge in [-0.25, -0.2) is 14.8 Å². The van der Waals surface area contributed by atoms with Gasteiger partial charge in [-0.2, -0.15) is 0 Å². The third-order valence-electron chi connectivity index (χ3n) is 3.45. The highest BCUT2D eigenvalue weighted by molar-refractivity contribution is 6.13. The molecule has 0 bridgehead atoms. The second-order valence-electron chi connectivity index (χ2n) is 5.24. The largest absolute Gasteiger partial charge is 0.343 e. The number of carbonyl (C=O) groups excluding carboxylic acids is 2. The van der Waals surface area contributed by atoms with Gasteiger partial charge in [0.1, 0.15) is 5.70 Å². The lowest BCUT2D eigenvalue weighted by Gasteiger charge is -2.16. The first-order valence-electron chi connectivity index (χ1n) is 7.40. The van der Waals surface area contributed by atoms with Crippen LogP contribution >= 0.6 is 0 Å². The number of hydrogen-bond donors (Lipinski definition) is 2. The SMILES string of the molecule is CN(CCc1ccccn1)c1nccc(/C=C2/NC(=O)NC2=O)n1. The molecule has 8 nitrogen and oxygen atoms in total. The molecule has 2 aromatic rings. The molecule has 1 fully saturated rings. The van der Waals surface area contributed by atoms with Crippen molar-refractivity contribution in [1.29, 1.82) is 0 Å². The lowest BCUT2D eigenvalue weighted by molar-refractivity contribution is -0.115. The van der Waals surface area contributed by atoms with E-state index in [1.54, 1.807) is 18.5 Å². The lowest BCUT2D eigenvalue weighted by atomic mass is 10.2. The molecule has 0 unspecified atom stereocenters. The average Bonchev–Trinajstić information content (AvgIpc) is 2.91. The molecule has 0 radical (unpaired) electrons. The fourth-order valence-electron chi connectivity index (χ4n) is 2.18. The van der Waals surface area contributed by atoms with Crippen LogP contribution in [0.4, 0.5) is 10.7 Å². The van der Waals surface area contributed by atoms with Crippen molar-refractivity contribution in [2.24, 2.45) is 0 Å². The third kappa shape index (κ3) is 3.72. The Morgan fingerprint density at radius 2 is 2.00 bits per heavy atom. The summed E-state index contributed by atoms with van der Waals surface area (Å²) in [6.07, 6.45) is 5.66. The van der Waals surface area contributed by atoms with Gasteiger partial charge >= 0.3 is 6.03 Å². The first-order chi connectivity index (χ1) is 11.6. The van der Waals surface area contributed by atoms with E-state index in [0.717, 1.165) is 12.1 Å². The normalized spacial score (nSPS) is 15.3. The van der Waals surface area contributed by atoms with Gasteiger partial charge in [0.2, 0.25) is 5.95 Å². The second kappa shape index (κ2) is 6.86. The first kappa shape index (κ1) is 15.6. The number of pyridine rings is 1. The van der Waals surface area contributed by atoms with Crippen LogP contribution in [0.15, 0.2) is 42.4 Å². The molecule has 0 spiro atoms. The zero-order valence-electron chi connectivity index (χ0n) is 13.1. The summed E-state index contributed by atoms with van der Waals surface area (Å²) in [6, 6.07) is 6.93. The van der Waals surface area contributed by atoms with Gasteiger partial charge in [0.15, 0.2) is 0 Å². The van der Waals surface area contributed by atoms with E-state index in [4.69, 9.17) is 0 Å². The molecule has 122 valence electrons. The maximum absolute atomic E-state index is 11.5. The fraction of sp³-hybridized carbons (Fsp3) is 0.188. The van der Waals surface area contributed by atoms with Gasteiger partial charge in [0.25, 0.3) is 5.91 Å². The van der Waals surface area contributed by atoms with E-state index in [1.165, 1.54) is 6.08 Å². The summed E-state index contributed by atoms with van der Waals surface area (Å²) in [5.74, 6) is 0.0636. The quantitative estimate of drug-likeness (QED) is 0.621.